The van der Waals surface area contributed by atoms with Crippen molar-refractivity contribution in [2.45, 2.75) is 31.8 Å². The van der Waals surface area contributed by atoms with Crippen LogP contribution in [-0.4, -0.2) is 30.6 Å². The van der Waals surface area contributed by atoms with E-state index in [9.17, 15) is 0 Å². The molecule has 0 amide bonds. The summed E-state index contributed by atoms with van der Waals surface area (Å²) in [7, 11) is 0. The molecule has 0 bridgehead atoms. The summed E-state index contributed by atoms with van der Waals surface area (Å²) in [5, 5.41) is 4.60. The van der Waals surface area contributed by atoms with Crippen molar-refractivity contribution in [2.75, 3.05) is 19.6 Å². The van der Waals surface area contributed by atoms with Gasteiger partial charge in [0, 0.05) is 28.7 Å². The van der Waals surface area contributed by atoms with Gasteiger partial charge >= 0.3 is 0 Å². The molecule has 0 saturated carbocycles. The second kappa shape index (κ2) is 6.75. The summed E-state index contributed by atoms with van der Waals surface area (Å²) >= 11 is 6.17. The van der Waals surface area contributed by atoms with Gasteiger partial charge in [-0.15, -0.1) is 0 Å². The number of fused-ring (bicyclic) bond motifs is 2. The summed E-state index contributed by atoms with van der Waals surface area (Å²) in [6.45, 7) is 5.68. The first-order valence-corrected chi connectivity index (χ1v) is 9.17. The molecule has 0 spiro atoms. The first-order chi connectivity index (χ1) is 11.7. The number of nitrogens with zero attached hydrogens (tertiary/aromatic N) is 1. The molecule has 0 radical (unpaired) electrons. The fourth-order valence-corrected chi connectivity index (χ4v) is 3.99. The van der Waals surface area contributed by atoms with Crippen molar-refractivity contribution < 1.29 is 4.74 Å². The zero-order valence-corrected chi connectivity index (χ0v) is 14.7. The van der Waals surface area contributed by atoms with Crippen LogP contribution in [0.2, 0.25) is 5.02 Å². The standard InChI is InChI=1S/C20H23ClN2O/c1-2-23-11-5-6-15(13-23)22-20-16-7-3-4-8-18(16)24-19-12-14(21)9-10-17(19)20/h3-4,7-10,12,15,20,22H,2,5-6,11,13H2,1H3. The Morgan fingerprint density at radius 2 is 2.00 bits per heavy atom. The minimum atomic E-state index is 0.157. The van der Waals surface area contributed by atoms with Crippen LogP contribution in [0.15, 0.2) is 42.5 Å². The van der Waals surface area contributed by atoms with Gasteiger partial charge in [-0.2, -0.15) is 0 Å². The van der Waals surface area contributed by atoms with Crippen LogP contribution in [-0.2, 0) is 0 Å². The number of likely N-dealkylation sites (tertiary alicyclic amines) is 1. The van der Waals surface area contributed by atoms with Crippen LogP contribution < -0.4 is 10.1 Å². The summed E-state index contributed by atoms with van der Waals surface area (Å²) in [5.74, 6) is 1.79. The third-order valence-corrected chi connectivity index (χ3v) is 5.33. The molecule has 2 aliphatic rings. The minimum Gasteiger partial charge on any atom is -0.457 e. The van der Waals surface area contributed by atoms with Gasteiger partial charge in [-0.05, 0) is 44.1 Å². The maximum absolute atomic E-state index is 6.17. The van der Waals surface area contributed by atoms with E-state index in [1.165, 1.54) is 30.5 Å². The van der Waals surface area contributed by atoms with E-state index in [0.717, 1.165) is 24.6 Å². The zero-order valence-electron chi connectivity index (χ0n) is 14.0. The highest BCUT2D eigenvalue weighted by Crippen LogP contribution is 2.44. The van der Waals surface area contributed by atoms with E-state index in [0.29, 0.717) is 11.1 Å². The van der Waals surface area contributed by atoms with Crippen molar-refractivity contribution in [2.24, 2.45) is 0 Å². The predicted molar refractivity (Wildman–Crippen MR) is 98.1 cm³/mol. The SMILES string of the molecule is CCN1CCCC(NC2c3ccccc3Oc3cc(Cl)ccc32)C1. The van der Waals surface area contributed by atoms with Gasteiger partial charge in [0.2, 0.25) is 0 Å². The highest BCUT2D eigenvalue weighted by Gasteiger charge is 2.30. The molecule has 24 heavy (non-hydrogen) atoms. The van der Waals surface area contributed by atoms with Crippen LogP contribution >= 0.6 is 11.6 Å². The Hall–Kier alpha value is -1.55. The van der Waals surface area contributed by atoms with Crippen LogP contribution in [0.3, 0.4) is 0 Å². The number of benzene rings is 2. The maximum Gasteiger partial charge on any atom is 0.134 e. The summed E-state index contributed by atoms with van der Waals surface area (Å²) in [6, 6.07) is 14.9. The number of para-hydroxylation sites is 1. The Labute approximate surface area is 148 Å². The average molecular weight is 343 g/mol. The predicted octanol–water partition coefficient (Wildman–Crippen LogP) is 4.61. The van der Waals surface area contributed by atoms with E-state index in [1.807, 2.05) is 24.3 Å². The molecule has 3 nitrogen and oxygen atoms in total. The summed E-state index contributed by atoms with van der Waals surface area (Å²) in [4.78, 5) is 2.52. The number of rotatable bonds is 3. The molecule has 2 aliphatic heterocycles. The molecule has 4 heteroatoms. The lowest BCUT2D eigenvalue weighted by molar-refractivity contribution is 0.192. The van der Waals surface area contributed by atoms with Gasteiger partial charge in [-0.25, -0.2) is 0 Å². The summed E-state index contributed by atoms with van der Waals surface area (Å²) < 4.78 is 6.09. The van der Waals surface area contributed by atoms with Gasteiger partial charge in [0.25, 0.3) is 0 Å². The molecule has 1 N–H and O–H groups in total. The first kappa shape index (κ1) is 15.9. The molecule has 1 saturated heterocycles. The number of piperidine rings is 1. The fraction of sp³-hybridized carbons (Fsp3) is 0.400. The molecular weight excluding hydrogens is 320 g/mol. The fourth-order valence-electron chi connectivity index (χ4n) is 3.83. The highest BCUT2D eigenvalue weighted by atomic mass is 35.5. The van der Waals surface area contributed by atoms with E-state index in [4.69, 9.17) is 16.3 Å². The van der Waals surface area contributed by atoms with Crippen LogP contribution in [0.25, 0.3) is 0 Å². The molecule has 2 aromatic rings. The van der Waals surface area contributed by atoms with Crippen molar-refractivity contribution in [1.82, 2.24) is 10.2 Å². The smallest absolute Gasteiger partial charge is 0.134 e. The largest absolute Gasteiger partial charge is 0.457 e. The number of nitrogens with one attached hydrogen (secondary N) is 1. The maximum atomic E-state index is 6.17. The van der Waals surface area contributed by atoms with E-state index in [-0.39, 0.29) is 6.04 Å². The quantitative estimate of drug-likeness (QED) is 0.881. The summed E-state index contributed by atoms with van der Waals surface area (Å²) in [6.07, 6.45) is 2.47. The van der Waals surface area contributed by atoms with Gasteiger partial charge in [0.05, 0.1) is 6.04 Å². The lowest BCUT2D eigenvalue weighted by Gasteiger charge is -2.37. The molecule has 126 valence electrons. The summed E-state index contributed by atoms with van der Waals surface area (Å²) in [5.41, 5.74) is 2.38. The van der Waals surface area contributed by atoms with Crippen molar-refractivity contribution in [3.8, 4) is 11.5 Å². The second-order valence-electron chi connectivity index (χ2n) is 6.65. The van der Waals surface area contributed by atoms with Crippen molar-refractivity contribution >= 4 is 11.6 Å². The molecule has 0 aromatic heterocycles. The number of ether oxygens (including phenoxy) is 1. The normalized spacial score (nSPS) is 23.2. The first-order valence-electron chi connectivity index (χ1n) is 8.79. The molecular formula is C20H23ClN2O. The average Bonchev–Trinajstić information content (AvgIpc) is 2.61. The van der Waals surface area contributed by atoms with Gasteiger partial charge in [-0.3, -0.25) is 0 Å². The van der Waals surface area contributed by atoms with E-state index >= 15 is 0 Å². The topological polar surface area (TPSA) is 24.5 Å². The Morgan fingerprint density at radius 3 is 2.88 bits per heavy atom. The van der Waals surface area contributed by atoms with Gasteiger partial charge < -0.3 is 15.0 Å². The van der Waals surface area contributed by atoms with Crippen LogP contribution in [0.1, 0.15) is 36.9 Å². The second-order valence-corrected chi connectivity index (χ2v) is 7.09. The Balaban J connectivity index is 1.66. The number of hydrogen-bond acceptors (Lipinski definition) is 3. The van der Waals surface area contributed by atoms with E-state index in [2.05, 4.69) is 35.3 Å². The number of halogens is 1. The monoisotopic (exact) mass is 342 g/mol. The number of likely N-dealkylation sites (N-methyl/N-ethyl adjacent to an activating group) is 1. The molecule has 2 atom stereocenters. The van der Waals surface area contributed by atoms with Crippen LogP contribution in [0.5, 0.6) is 11.5 Å². The molecule has 2 heterocycles. The molecule has 2 unspecified atom stereocenters. The zero-order chi connectivity index (χ0) is 16.5. The lowest BCUT2D eigenvalue weighted by atomic mass is 9.92. The van der Waals surface area contributed by atoms with Crippen molar-refractivity contribution in [3.05, 3.63) is 58.6 Å². The minimum absolute atomic E-state index is 0.157. The molecule has 0 aliphatic carbocycles. The van der Waals surface area contributed by atoms with Crippen molar-refractivity contribution in [1.29, 1.82) is 0 Å². The third kappa shape index (κ3) is 3.04. The number of hydrogen-bond donors (Lipinski definition) is 1. The van der Waals surface area contributed by atoms with Crippen LogP contribution in [0, 0.1) is 0 Å². The third-order valence-electron chi connectivity index (χ3n) is 5.09. The van der Waals surface area contributed by atoms with E-state index in [1.54, 1.807) is 0 Å². The van der Waals surface area contributed by atoms with Gasteiger partial charge in [0.15, 0.2) is 0 Å². The molecule has 4 rings (SSSR count). The van der Waals surface area contributed by atoms with Crippen LogP contribution in [0.4, 0.5) is 0 Å². The Bertz CT molecular complexity index is 733. The highest BCUT2D eigenvalue weighted by molar-refractivity contribution is 6.30. The molecule has 1 fully saturated rings. The van der Waals surface area contributed by atoms with Gasteiger partial charge in [0.1, 0.15) is 11.5 Å². The van der Waals surface area contributed by atoms with Gasteiger partial charge in [-0.1, -0.05) is 42.8 Å². The van der Waals surface area contributed by atoms with Crippen molar-refractivity contribution in [3.63, 3.8) is 0 Å². The lowest BCUT2D eigenvalue weighted by Crippen LogP contribution is -2.47. The van der Waals surface area contributed by atoms with E-state index < -0.39 is 0 Å². The Kier molecular flexibility index (Phi) is 4.49. The Morgan fingerprint density at radius 1 is 1.17 bits per heavy atom. The molecule has 2 aromatic carbocycles.